The average molecular weight is 473 g/mol. The Morgan fingerprint density at radius 3 is 2.94 bits per heavy atom. The molecule has 1 N–H and O–H groups in total. The van der Waals surface area contributed by atoms with Crippen molar-refractivity contribution in [3.63, 3.8) is 0 Å². The summed E-state index contributed by atoms with van der Waals surface area (Å²) in [6, 6.07) is 9.95. The number of amides is 1. The molecule has 33 heavy (non-hydrogen) atoms. The first-order valence-corrected chi connectivity index (χ1v) is 12.4. The highest BCUT2D eigenvalue weighted by Gasteiger charge is 2.33. The Hall–Kier alpha value is -2.19. The van der Waals surface area contributed by atoms with E-state index in [-0.39, 0.29) is 31.2 Å². The second kappa shape index (κ2) is 12.3. The van der Waals surface area contributed by atoms with Crippen LogP contribution in [0.25, 0.3) is 0 Å². The zero-order valence-electron chi connectivity index (χ0n) is 19.9. The van der Waals surface area contributed by atoms with Crippen molar-refractivity contribution in [1.82, 2.24) is 9.80 Å². The summed E-state index contributed by atoms with van der Waals surface area (Å²) in [6.07, 6.45) is 2.00. The van der Waals surface area contributed by atoms with Crippen LogP contribution in [0.2, 0.25) is 0 Å². The lowest BCUT2D eigenvalue weighted by molar-refractivity contribution is -0.136. The van der Waals surface area contributed by atoms with Gasteiger partial charge in [0.05, 0.1) is 31.4 Å². The molecule has 0 spiro atoms. The maximum atomic E-state index is 13.4. The number of aryl methyl sites for hydroxylation is 1. The Morgan fingerprint density at radius 1 is 1.39 bits per heavy atom. The van der Waals surface area contributed by atoms with Crippen molar-refractivity contribution in [2.45, 2.75) is 45.4 Å². The van der Waals surface area contributed by atoms with Gasteiger partial charge in [-0.2, -0.15) is 0 Å². The van der Waals surface area contributed by atoms with Crippen LogP contribution in [0.1, 0.15) is 35.9 Å². The number of aliphatic hydroxyl groups excluding tert-OH is 1. The van der Waals surface area contributed by atoms with Gasteiger partial charge in [-0.1, -0.05) is 18.2 Å². The van der Waals surface area contributed by atoms with Crippen LogP contribution in [-0.4, -0.2) is 72.4 Å². The van der Waals surface area contributed by atoms with Gasteiger partial charge in [0.2, 0.25) is 5.91 Å². The molecule has 0 radical (unpaired) electrons. The minimum absolute atomic E-state index is 0.0310. The first-order chi connectivity index (χ1) is 15.9. The third-order valence-corrected chi connectivity index (χ3v) is 6.65. The van der Waals surface area contributed by atoms with Gasteiger partial charge in [-0.05, 0) is 61.9 Å². The van der Waals surface area contributed by atoms with E-state index in [1.54, 1.807) is 17.4 Å². The van der Waals surface area contributed by atoms with Gasteiger partial charge < -0.3 is 19.5 Å². The van der Waals surface area contributed by atoms with Crippen molar-refractivity contribution >= 4 is 17.2 Å². The lowest BCUT2D eigenvalue weighted by atomic mass is 10.0. The minimum Gasteiger partial charge on any atom is -0.491 e. The van der Waals surface area contributed by atoms with Gasteiger partial charge >= 0.3 is 0 Å². The predicted molar refractivity (Wildman–Crippen MR) is 133 cm³/mol. The van der Waals surface area contributed by atoms with Crippen LogP contribution in [0, 0.1) is 6.92 Å². The van der Waals surface area contributed by atoms with Crippen LogP contribution in [0.3, 0.4) is 0 Å². The molecule has 6 nitrogen and oxygen atoms in total. The molecule has 2 atom stereocenters. The van der Waals surface area contributed by atoms with Crippen molar-refractivity contribution in [2.75, 3.05) is 39.4 Å². The van der Waals surface area contributed by atoms with E-state index in [0.717, 1.165) is 17.7 Å². The first-order valence-electron chi connectivity index (χ1n) is 11.6. The van der Waals surface area contributed by atoms with E-state index in [1.165, 1.54) is 10.4 Å². The zero-order valence-corrected chi connectivity index (χ0v) is 20.7. The third-order valence-electron chi connectivity index (χ3n) is 5.65. The van der Waals surface area contributed by atoms with E-state index in [9.17, 15) is 9.90 Å². The molecule has 180 valence electrons. The maximum Gasteiger partial charge on any atom is 0.237 e. The van der Waals surface area contributed by atoms with Crippen LogP contribution < -0.4 is 4.74 Å². The molecule has 7 heteroatoms. The number of thiophene rings is 1. The van der Waals surface area contributed by atoms with Crippen molar-refractivity contribution < 1.29 is 19.4 Å². The van der Waals surface area contributed by atoms with Crippen LogP contribution >= 0.6 is 11.3 Å². The number of hydrogen-bond acceptors (Lipinski definition) is 6. The Morgan fingerprint density at radius 2 is 2.21 bits per heavy atom. The summed E-state index contributed by atoms with van der Waals surface area (Å²) in [5.41, 5.74) is 2.31. The Kier molecular flexibility index (Phi) is 9.50. The monoisotopic (exact) mass is 472 g/mol. The van der Waals surface area contributed by atoms with Gasteiger partial charge in [0, 0.05) is 24.5 Å². The van der Waals surface area contributed by atoms with Crippen molar-refractivity contribution in [3.8, 4) is 5.75 Å². The molecule has 2 heterocycles. The molecule has 1 aliphatic heterocycles. The van der Waals surface area contributed by atoms with Gasteiger partial charge in [-0.15, -0.1) is 17.9 Å². The maximum absolute atomic E-state index is 13.4. The van der Waals surface area contributed by atoms with E-state index < -0.39 is 6.10 Å². The summed E-state index contributed by atoms with van der Waals surface area (Å²) < 4.78 is 11.6. The zero-order chi connectivity index (χ0) is 23.8. The molecule has 1 aromatic heterocycles. The van der Waals surface area contributed by atoms with E-state index in [4.69, 9.17) is 9.47 Å². The first kappa shape index (κ1) is 25.4. The molecule has 1 aliphatic rings. The molecule has 0 saturated heterocycles. The number of rotatable bonds is 12. The van der Waals surface area contributed by atoms with E-state index >= 15 is 0 Å². The number of carbonyl (C=O) groups is 1. The normalized spacial score (nSPS) is 16.7. The molecule has 0 aliphatic carbocycles. The Balaban J connectivity index is 1.68. The van der Waals surface area contributed by atoms with Crippen molar-refractivity contribution in [1.29, 1.82) is 0 Å². The van der Waals surface area contributed by atoms with Gasteiger partial charge in [0.25, 0.3) is 0 Å². The summed E-state index contributed by atoms with van der Waals surface area (Å²) in [5.74, 6) is 0.842. The molecular formula is C26H36N2O4S. The second-order valence-corrected chi connectivity index (χ2v) is 9.80. The summed E-state index contributed by atoms with van der Waals surface area (Å²) in [7, 11) is 0. The van der Waals surface area contributed by atoms with Crippen LogP contribution in [0.5, 0.6) is 5.75 Å². The quantitative estimate of drug-likeness (QED) is 0.476. The molecule has 0 fully saturated rings. The number of aliphatic hydroxyl groups is 1. The summed E-state index contributed by atoms with van der Waals surface area (Å²) in [6.45, 7) is 12.1. The fourth-order valence-electron chi connectivity index (χ4n) is 4.08. The number of fused-ring (bicyclic) bond motifs is 1. The van der Waals surface area contributed by atoms with Crippen LogP contribution in [-0.2, 0) is 16.0 Å². The molecule has 2 unspecified atom stereocenters. The highest BCUT2D eigenvalue weighted by Crippen LogP contribution is 2.34. The molecule has 0 bridgehead atoms. The van der Waals surface area contributed by atoms with E-state index in [1.807, 2.05) is 54.8 Å². The fourth-order valence-corrected chi connectivity index (χ4v) is 5.01. The fraction of sp³-hybridized carbons (Fsp3) is 0.500. The summed E-state index contributed by atoms with van der Waals surface area (Å²) >= 11 is 1.74. The van der Waals surface area contributed by atoms with Crippen molar-refractivity contribution in [3.05, 3.63) is 64.4 Å². The number of carbonyl (C=O) groups excluding carboxylic acids is 1. The van der Waals surface area contributed by atoms with Gasteiger partial charge in [0.1, 0.15) is 12.4 Å². The highest BCUT2D eigenvalue weighted by molar-refractivity contribution is 7.10. The van der Waals surface area contributed by atoms with Gasteiger partial charge in [0.15, 0.2) is 0 Å². The number of benzene rings is 1. The molecule has 0 saturated carbocycles. The third kappa shape index (κ3) is 7.40. The molecule has 3 rings (SSSR count). The topological polar surface area (TPSA) is 62.2 Å². The lowest BCUT2D eigenvalue weighted by Crippen LogP contribution is -2.48. The Labute approximate surface area is 201 Å². The second-order valence-electron chi connectivity index (χ2n) is 8.80. The summed E-state index contributed by atoms with van der Waals surface area (Å²) in [5, 5.41) is 12.5. The smallest absolute Gasteiger partial charge is 0.237 e. The lowest BCUT2D eigenvalue weighted by Gasteiger charge is -2.37. The van der Waals surface area contributed by atoms with Crippen LogP contribution in [0.15, 0.2) is 48.4 Å². The standard InChI is InChI=1S/C26H36N2O4S/c1-5-11-27(15-21(29)17-31-19(2)3)16-26(30)28-12-9-25-23(10-13-33-25)24(28)18-32-22-8-6-7-20(4)14-22/h5-8,10,13-14,19,21,24,29H,1,9,11-12,15-18H2,2-4H3. The van der Waals surface area contributed by atoms with Gasteiger partial charge in [-0.25, -0.2) is 0 Å². The summed E-state index contributed by atoms with van der Waals surface area (Å²) in [4.78, 5) is 18.6. The number of hydrogen-bond donors (Lipinski definition) is 1. The number of ether oxygens (including phenoxy) is 2. The Bertz CT molecular complexity index is 913. The average Bonchev–Trinajstić information content (AvgIpc) is 3.25. The van der Waals surface area contributed by atoms with Crippen molar-refractivity contribution in [2.24, 2.45) is 0 Å². The highest BCUT2D eigenvalue weighted by atomic mass is 32.1. The van der Waals surface area contributed by atoms with Crippen LogP contribution in [0.4, 0.5) is 0 Å². The molecule has 1 amide bonds. The minimum atomic E-state index is -0.662. The predicted octanol–water partition coefficient (Wildman–Crippen LogP) is 3.84. The molecular weight excluding hydrogens is 436 g/mol. The SMILES string of the molecule is C=CCN(CC(=O)N1CCc2sccc2C1COc1cccc(C)c1)CC(O)COC(C)C. The molecule has 1 aromatic carbocycles. The molecule has 2 aromatic rings. The largest absolute Gasteiger partial charge is 0.491 e. The van der Waals surface area contributed by atoms with E-state index in [0.29, 0.717) is 26.2 Å². The number of nitrogens with zero attached hydrogens (tertiary/aromatic N) is 2. The van der Waals surface area contributed by atoms with Gasteiger partial charge in [-0.3, -0.25) is 9.69 Å². The van der Waals surface area contributed by atoms with E-state index in [2.05, 4.69) is 18.0 Å².